The number of pyridine rings is 2. The number of halogens is 4. The van der Waals surface area contributed by atoms with E-state index >= 15 is 0 Å². The fourth-order valence-electron chi connectivity index (χ4n) is 5.26. The van der Waals surface area contributed by atoms with E-state index in [4.69, 9.17) is 26.1 Å². The molecule has 40 heavy (non-hydrogen) atoms. The van der Waals surface area contributed by atoms with E-state index < -0.39 is 11.6 Å². The zero-order valence-corrected chi connectivity index (χ0v) is 24.1. The lowest BCUT2D eigenvalue weighted by molar-refractivity contribution is 0.0950. The Morgan fingerprint density at radius 1 is 1.20 bits per heavy atom. The first-order valence-electron chi connectivity index (χ1n) is 13.0. The summed E-state index contributed by atoms with van der Waals surface area (Å²) in [6.45, 7) is 2.80. The second-order valence-corrected chi connectivity index (χ2v) is 11.7. The number of carbonyl (C=O) groups is 1. The molecule has 10 heteroatoms. The first-order chi connectivity index (χ1) is 19.2. The Morgan fingerprint density at radius 2 is 2.00 bits per heavy atom. The minimum absolute atomic E-state index is 0.0712. The number of hydrogen-bond donors (Lipinski definition) is 1. The van der Waals surface area contributed by atoms with Crippen LogP contribution < -0.4 is 14.8 Å². The topological polar surface area (TPSA) is 73.3 Å². The molecule has 6 rings (SSSR count). The Hall–Kier alpha value is -3.30. The van der Waals surface area contributed by atoms with Gasteiger partial charge < -0.3 is 14.8 Å². The summed E-state index contributed by atoms with van der Waals surface area (Å²) in [5.74, 6) is -0.562. The Balaban J connectivity index is 1.33. The van der Waals surface area contributed by atoms with E-state index in [0.29, 0.717) is 47.3 Å². The highest BCUT2D eigenvalue weighted by Gasteiger charge is 2.36. The molecule has 206 valence electrons. The molecule has 2 unspecified atom stereocenters. The van der Waals surface area contributed by atoms with Gasteiger partial charge in [0.15, 0.2) is 0 Å². The normalized spacial score (nSPS) is 16.9. The van der Waals surface area contributed by atoms with Crippen LogP contribution in [0.25, 0.3) is 22.2 Å². The SMILES string of the molecule is COc1cc(C(=O)NCC(c2cc3c(c(-c4cc(Cl)c(F)cc4F)n2)OCC3C)C2CC2)cc2cc(Br)cnc12. The van der Waals surface area contributed by atoms with Crippen molar-refractivity contribution in [1.82, 2.24) is 15.3 Å². The van der Waals surface area contributed by atoms with Gasteiger partial charge in [-0.3, -0.25) is 9.78 Å². The van der Waals surface area contributed by atoms with E-state index in [9.17, 15) is 13.6 Å². The van der Waals surface area contributed by atoms with Gasteiger partial charge in [0.1, 0.15) is 34.3 Å². The second kappa shape index (κ2) is 10.6. The molecule has 1 saturated carbocycles. The van der Waals surface area contributed by atoms with Gasteiger partial charge in [-0.2, -0.15) is 0 Å². The Kier molecular flexibility index (Phi) is 7.12. The van der Waals surface area contributed by atoms with Gasteiger partial charge in [0.25, 0.3) is 5.91 Å². The number of amides is 1. The zero-order chi connectivity index (χ0) is 28.1. The fourth-order valence-corrected chi connectivity index (χ4v) is 5.77. The Labute approximate surface area is 243 Å². The van der Waals surface area contributed by atoms with Crippen molar-refractivity contribution in [2.24, 2.45) is 5.92 Å². The van der Waals surface area contributed by atoms with Crippen molar-refractivity contribution in [3.8, 4) is 22.8 Å². The van der Waals surface area contributed by atoms with Crippen LogP contribution in [0.1, 0.15) is 53.2 Å². The first-order valence-corrected chi connectivity index (χ1v) is 14.1. The zero-order valence-electron chi connectivity index (χ0n) is 21.7. The molecule has 0 radical (unpaired) electrons. The van der Waals surface area contributed by atoms with Crippen molar-refractivity contribution in [2.75, 3.05) is 20.3 Å². The molecule has 2 aromatic carbocycles. The highest BCUT2D eigenvalue weighted by molar-refractivity contribution is 9.10. The van der Waals surface area contributed by atoms with Crippen molar-refractivity contribution in [3.05, 3.63) is 80.5 Å². The number of nitrogens with one attached hydrogen (secondary N) is 1. The largest absolute Gasteiger partial charge is 0.494 e. The van der Waals surface area contributed by atoms with Gasteiger partial charge >= 0.3 is 0 Å². The third-order valence-electron chi connectivity index (χ3n) is 7.55. The highest BCUT2D eigenvalue weighted by Crippen LogP contribution is 2.47. The number of nitrogens with zero attached hydrogens (tertiary/aromatic N) is 2. The lowest BCUT2D eigenvalue weighted by atomic mass is 9.93. The van der Waals surface area contributed by atoms with E-state index in [2.05, 4.69) is 26.2 Å². The summed E-state index contributed by atoms with van der Waals surface area (Å²) in [5, 5.41) is 3.66. The number of aromatic nitrogens is 2. The van der Waals surface area contributed by atoms with E-state index in [1.165, 1.54) is 6.07 Å². The summed E-state index contributed by atoms with van der Waals surface area (Å²) < 4.78 is 41.1. The number of hydrogen-bond acceptors (Lipinski definition) is 5. The Morgan fingerprint density at radius 3 is 2.75 bits per heavy atom. The number of rotatable bonds is 7. The summed E-state index contributed by atoms with van der Waals surface area (Å²) in [6.07, 6.45) is 3.68. The molecule has 2 aliphatic rings. The van der Waals surface area contributed by atoms with Gasteiger partial charge in [-0.15, -0.1) is 0 Å². The van der Waals surface area contributed by atoms with Gasteiger partial charge in [-0.05, 0) is 65.0 Å². The predicted molar refractivity (Wildman–Crippen MR) is 152 cm³/mol. The van der Waals surface area contributed by atoms with Crippen LogP contribution in [-0.4, -0.2) is 36.1 Å². The van der Waals surface area contributed by atoms with Crippen LogP contribution in [0.4, 0.5) is 8.78 Å². The molecule has 1 aliphatic heterocycles. The summed E-state index contributed by atoms with van der Waals surface area (Å²) in [6, 6.07) is 9.35. The fraction of sp³-hybridized carbons (Fsp3) is 0.300. The maximum atomic E-state index is 15.0. The smallest absolute Gasteiger partial charge is 0.251 e. The average Bonchev–Trinajstić information content (AvgIpc) is 3.71. The molecule has 0 bridgehead atoms. The molecule has 3 heterocycles. The van der Waals surface area contributed by atoms with Gasteiger partial charge in [-0.1, -0.05) is 18.5 Å². The van der Waals surface area contributed by atoms with Crippen LogP contribution >= 0.6 is 27.5 Å². The third-order valence-corrected chi connectivity index (χ3v) is 8.27. The summed E-state index contributed by atoms with van der Waals surface area (Å²) in [7, 11) is 1.54. The minimum atomic E-state index is -0.836. The van der Waals surface area contributed by atoms with E-state index in [0.717, 1.165) is 40.0 Å². The van der Waals surface area contributed by atoms with Gasteiger partial charge in [0.05, 0.1) is 18.7 Å². The minimum Gasteiger partial charge on any atom is -0.494 e. The van der Waals surface area contributed by atoms with Crippen LogP contribution in [0, 0.1) is 17.6 Å². The summed E-state index contributed by atoms with van der Waals surface area (Å²) >= 11 is 9.44. The average molecular weight is 629 g/mol. The molecular formula is C30H25BrClF2N3O3. The molecule has 1 fully saturated rings. The van der Waals surface area contributed by atoms with Crippen LogP contribution in [0.3, 0.4) is 0 Å². The maximum Gasteiger partial charge on any atom is 0.251 e. The molecule has 1 N–H and O–H groups in total. The molecule has 2 aromatic heterocycles. The lowest BCUT2D eigenvalue weighted by Crippen LogP contribution is -2.29. The van der Waals surface area contributed by atoms with E-state index in [1.807, 2.05) is 19.1 Å². The molecular weight excluding hydrogens is 604 g/mol. The summed E-state index contributed by atoms with van der Waals surface area (Å²) in [4.78, 5) is 22.6. The van der Waals surface area contributed by atoms with E-state index in [1.54, 1.807) is 25.4 Å². The monoisotopic (exact) mass is 627 g/mol. The molecule has 1 aliphatic carbocycles. The first kappa shape index (κ1) is 26.9. The van der Waals surface area contributed by atoms with Crippen molar-refractivity contribution in [3.63, 3.8) is 0 Å². The van der Waals surface area contributed by atoms with Crippen molar-refractivity contribution in [2.45, 2.75) is 31.6 Å². The quantitative estimate of drug-likeness (QED) is 0.216. The molecule has 4 aromatic rings. The van der Waals surface area contributed by atoms with Crippen LogP contribution in [-0.2, 0) is 0 Å². The molecule has 2 atom stereocenters. The molecule has 6 nitrogen and oxygen atoms in total. The second-order valence-electron chi connectivity index (χ2n) is 10.3. The van der Waals surface area contributed by atoms with Crippen molar-refractivity contribution >= 4 is 44.3 Å². The summed E-state index contributed by atoms with van der Waals surface area (Å²) in [5.41, 5.74) is 3.14. The van der Waals surface area contributed by atoms with Crippen LogP contribution in [0.15, 0.2) is 47.1 Å². The van der Waals surface area contributed by atoms with Crippen LogP contribution in [0.2, 0.25) is 5.02 Å². The standard InChI is InChI=1S/C30H25BrClF2N3O3/c1-14-13-40-29-19(14)9-25(37-28(29)20-8-22(32)24(34)10-23(20)33)21(15-3-4-15)12-36-30(38)17-5-16-6-18(31)11-35-27(16)26(7-17)39-2/h5-11,14-15,21H,3-4,12-13H2,1-2H3,(H,36,38). The van der Waals surface area contributed by atoms with Gasteiger partial charge in [0.2, 0.25) is 0 Å². The van der Waals surface area contributed by atoms with Crippen LogP contribution in [0.5, 0.6) is 11.5 Å². The molecule has 1 amide bonds. The number of methoxy groups -OCH3 is 1. The Bertz CT molecular complexity index is 1660. The predicted octanol–water partition coefficient (Wildman–Crippen LogP) is 7.42. The van der Waals surface area contributed by atoms with E-state index in [-0.39, 0.29) is 28.3 Å². The maximum absolute atomic E-state index is 15.0. The van der Waals surface area contributed by atoms with Gasteiger partial charge in [0, 0.05) is 62.9 Å². The van der Waals surface area contributed by atoms with Crippen molar-refractivity contribution < 1.29 is 23.0 Å². The third kappa shape index (κ3) is 5.01. The lowest BCUT2D eigenvalue weighted by Gasteiger charge is -2.20. The number of ether oxygens (including phenoxy) is 2. The number of fused-ring (bicyclic) bond motifs is 2. The molecule has 0 saturated heterocycles. The highest BCUT2D eigenvalue weighted by atomic mass is 79.9. The number of carbonyl (C=O) groups excluding carboxylic acids is 1. The molecule has 0 spiro atoms. The van der Waals surface area contributed by atoms with Gasteiger partial charge in [-0.25, -0.2) is 13.8 Å². The van der Waals surface area contributed by atoms with Crippen molar-refractivity contribution in [1.29, 1.82) is 0 Å². The number of benzene rings is 2.